The molecule has 1 amide bonds. The topological polar surface area (TPSA) is 35.9 Å². The summed E-state index contributed by atoms with van der Waals surface area (Å²) in [7, 11) is 4.94. The van der Waals surface area contributed by atoms with E-state index in [1.807, 2.05) is 30.2 Å². The van der Waals surface area contributed by atoms with Gasteiger partial charge in [0, 0.05) is 43.8 Å². The van der Waals surface area contributed by atoms with Crippen LogP contribution in [0.3, 0.4) is 0 Å². The van der Waals surface area contributed by atoms with Crippen molar-refractivity contribution in [2.24, 2.45) is 4.99 Å². The third-order valence-corrected chi connectivity index (χ3v) is 7.01. The van der Waals surface area contributed by atoms with Crippen molar-refractivity contribution in [2.45, 2.75) is 52.9 Å². The molecular weight excluding hydrogens is 449 g/mol. The molecule has 1 fully saturated rings. The van der Waals surface area contributed by atoms with Gasteiger partial charge in [0.15, 0.2) is 0 Å². The maximum absolute atomic E-state index is 13.3. The number of likely N-dealkylation sites (tertiary alicyclic amines) is 1. The zero-order valence-electron chi connectivity index (χ0n) is 21.8. The van der Waals surface area contributed by atoms with Crippen LogP contribution in [-0.2, 0) is 11.2 Å². The Kier molecular flexibility index (Phi) is 10.3. The molecule has 1 aromatic rings. The van der Waals surface area contributed by atoms with Gasteiger partial charge in [-0.15, -0.1) is 9.24 Å². The molecule has 1 aliphatic heterocycles. The number of aliphatic imine (C=N–C) groups is 1. The minimum atomic E-state index is 0.177. The van der Waals surface area contributed by atoms with Crippen molar-refractivity contribution < 1.29 is 4.79 Å². The van der Waals surface area contributed by atoms with E-state index in [2.05, 4.69) is 82.6 Å². The molecule has 0 N–H and O–H groups in total. The molecule has 3 rings (SSSR count). The van der Waals surface area contributed by atoms with Crippen LogP contribution < -0.4 is 0 Å². The first-order valence-corrected chi connectivity index (χ1v) is 13.3. The first kappa shape index (κ1) is 26.9. The summed E-state index contributed by atoms with van der Waals surface area (Å²) in [5, 5.41) is 1.09. The number of nitrogens with zero attached hydrogens (tertiary/aromatic N) is 3. The molecule has 1 unspecified atom stereocenters. The number of benzene rings is 1. The standard InChI is InChI=1S/C30H40N3OP/c1-5-17-31-27(7-3)22-32(4)20-24(6-2)25-15-16-28(35)29-26(19-25)21-33(30(29)34)18-11-14-23-12-9-8-10-13-23/h5,8-10,12-13,15,17,19-20H,6-7,11,14,16,18,21-22,35H2,1-4H3/b17-5-,24-20+,31-27?. The molecule has 1 atom stereocenters. The van der Waals surface area contributed by atoms with Gasteiger partial charge in [-0.25, -0.2) is 0 Å². The molecule has 0 aromatic heterocycles. The second kappa shape index (κ2) is 13.4. The van der Waals surface area contributed by atoms with E-state index in [9.17, 15) is 4.79 Å². The number of hydrogen-bond donors (Lipinski definition) is 0. The minimum Gasteiger partial charge on any atom is -0.375 e. The van der Waals surface area contributed by atoms with Gasteiger partial charge in [-0.05, 0) is 72.7 Å². The van der Waals surface area contributed by atoms with E-state index >= 15 is 0 Å². The SMILES string of the molecule is C/C=C\N=C(CC)CN(C)/C=C(\CC)C1=CCC(P)=C2C(=O)N(CCCc3ccccc3)CC2=C1. The van der Waals surface area contributed by atoms with Crippen LogP contribution >= 0.6 is 9.24 Å². The van der Waals surface area contributed by atoms with E-state index in [1.54, 1.807) is 0 Å². The summed E-state index contributed by atoms with van der Waals surface area (Å²) < 4.78 is 0. The van der Waals surface area contributed by atoms with Crippen molar-refractivity contribution in [3.05, 3.63) is 94.1 Å². The highest BCUT2D eigenvalue weighted by molar-refractivity contribution is 7.22. The van der Waals surface area contributed by atoms with Crippen molar-refractivity contribution in [1.29, 1.82) is 0 Å². The third-order valence-electron chi connectivity index (χ3n) is 6.49. The number of rotatable bonds is 11. The van der Waals surface area contributed by atoms with Crippen LogP contribution in [0.15, 0.2) is 93.6 Å². The van der Waals surface area contributed by atoms with E-state index < -0.39 is 0 Å². The smallest absolute Gasteiger partial charge is 0.254 e. The Morgan fingerprint density at radius 1 is 1.20 bits per heavy atom. The van der Waals surface area contributed by atoms with E-state index in [4.69, 9.17) is 0 Å². The van der Waals surface area contributed by atoms with E-state index in [0.717, 1.165) is 67.4 Å². The Labute approximate surface area is 214 Å². The molecule has 5 heteroatoms. The Morgan fingerprint density at radius 3 is 2.66 bits per heavy atom. The number of allylic oxidation sites excluding steroid dienone is 6. The lowest BCUT2D eigenvalue weighted by Gasteiger charge is -2.18. The predicted octanol–water partition coefficient (Wildman–Crippen LogP) is 6.46. The van der Waals surface area contributed by atoms with Crippen molar-refractivity contribution in [3.8, 4) is 0 Å². The first-order chi connectivity index (χ1) is 17.0. The number of fused-ring (bicyclic) bond motifs is 1. The maximum Gasteiger partial charge on any atom is 0.254 e. The lowest BCUT2D eigenvalue weighted by Crippen LogP contribution is -2.26. The molecular formula is C30H40N3OP. The average molecular weight is 490 g/mol. The molecule has 2 aliphatic rings. The van der Waals surface area contributed by atoms with Gasteiger partial charge in [-0.3, -0.25) is 9.79 Å². The molecule has 1 aromatic carbocycles. The van der Waals surface area contributed by atoms with Gasteiger partial charge in [0.2, 0.25) is 0 Å². The maximum atomic E-state index is 13.3. The van der Waals surface area contributed by atoms with E-state index in [1.165, 1.54) is 16.7 Å². The van der Waals surface area contributed by atoms with Crippen LogP contribution in [0.1, 0.15) is 52.0 Å². The summed E-state index contributed by atoms with van der Waals surface area (Å²) in [6, 6.07) is 10.5. The quantitative estimate of drug-likeness (QED) is 0.264. The lowest BCUT2D eigenvalue weighted by atomic mass is 10.0. The van der Waals surface area contributed by atoms with Crippen LogP contribution in [0.25, 0.3) is 0 Å². The zero-order valence-corrected chi connectivity index (χ0v) is 22.9. The molecule has 186 valence electrons. The van der Waals surface area contributed by atoms with Crippen LogP contribution in [0.2, 0.25) is 0 Å². The number of hydrogen-bond acceptors (Lipinski definition) is 3. The average Bonchev–Trinajstić information content (AvgIpc) is 3.07. The number of carbonyl (C=O) groups is 1. The highest BCUT2D eigenvalue weighted by Gasteiger charge is 2.32. The molecule has 1 heterocycles. The molecule has 0 spiro atoms. The Balaban J connectivity index is 1.73. The zero-order chi connectivity index (χ0) is 25.2. The summed E-state index contributed by atoms with van der Waals surface area (Å²) in [6.07, 6.45) is 15.2. The van der Waals surface area contributed by atoms with Crippen molar-refractivity contribution in [2.75, 3.05) is 26.7 Å². The Bertz CT molecular complexity index is 1080. The number of amides is 1. The fourth-order valence-corrected chi connectivity index (χ4v) is 5.03. The Morgan fingerprint density at radius 2 is 1.97 bits per heavy atom. The molecule has 4 nitrogen and oxygen atoms in total. The van der Waals surface area contributed by atoms with Gasteiger partial charge in [0.1, 0.15) is 0 Å². The molecule has 0 bridgehead atoms. The molecule has 0 radical (unpaired) electrons. The monoisotopic (exact) mass is 489 g/mol. The molecule has 35 heavy (non-hydrogen) atoms. The van der Waals surface area contributed by atoms with Gasteiger partial charge >= 0.3 is 0 Å². The van der Waals surface area contributed by atoms with Gasteiger partial charge in [0.25, 0.3) is 5.91 Å². The van der Waals surface area contributed by atoms with Gasteiger partial charge in [-0.2, -0.15) is 0 Å². The minimum absolute atomic E-state index is 0.177. The highest BCUT2D eigenvalue weighted by atomic mass is 31.0. The Hall–Kier alpha value is -2.71. The summed E-state index contributed by atoms with van der Waals surface area (Å²) in [6.45, 7) is 8.62. The highest BCUT2D eigenvalue weighted by Crippen LogP contribution is 2.36. The second-order valence-electron chi connectivity index (χ2n) is 9.20. The first-order valence-electron chi connectivity index (χ1n) is 12.8. The summed E-state index contributed by atoms with van der Waals surface area (Å²) >= 11 is 0. The van der Waals surface area contributed by atoms with Crippen molar-refractivity contribution >= 4 is 20.9 Å². The number of carbonyl (C=O) groups excluding carboxylic acids is 1. The fourth-order valence-electron chi connectivity index (χ4n) is 4.60. The van der Waals surface area contributed by atoms with E-state index in [0.29, 0.717) is 6.54 Å². The lowest BCUT2D eigenvalue weighted by molar-refractivity contribution is -0.124. The molecule has 1 aliphatic carbocycles. The van der Waals surface area contributed by atoms with Crippen molar-refractivity contribution in [1.82, 2.24) is 9.80 Å². The molecule has 0 saturated carbocycles. The fraction of sp³-hybridized carbons (Fsp3) is 0.400. The third kappa shape index (κ3) is 7.39. The van der Waals surface area contributed by atoms with Crippen molar-refractivity contribution in [3.63, 3.8) is 0 Å². The summed E-state index contributed by atoms with van der Waals surface area (Å²) in [5.41, 5.74) is 7.05. The van der Waals surface area contributed by atoms with E-state index in [-0.39, 0.29) is 5.91 Å². The number of aryl methyl sites for hydroxylation is 1. The van der Waals surface area contributed by atoms with Crippen LogP contribution in [0.5, 0.6) is 0 Å². The second-order valence-corrected chi connectivity index (χ2v) is 9.90. The molecule has 1 saturated heterocycles. The van der Waals surface area contributed by atoms with Crippen LogP contribution in [0, 0.1) is 0 Å². The van der Waals surface area contributed by atoms with Gasteiger partial charge in [0.05, 0.1) is 6.54 Å². The predicted molar refractivity (Wildman–Crippen MR) is 152 cm³/mol. The van der Waals surface area contributed by atoms with Gasteiger partial charge < -0.3 is 9.80 Å². The summed E-state index contributed by atoms with van der Waals surface area (Å²) in [5.74, 6) is 0.177. The van der Waals surface area contributed by atoms with Gasteiger partial charge in [-0.1, -0.05) is 56.3 Å². The normalized spacial score (nSPS) is 17.1. The van der Waals surface area contributed by atoms with Crippen LogP contribution in [0.4, 0.5) is 0 Å². The summed E-state index contributed by atoms with van der Waals surface area (Å²) in [4.78, 5) is 22.1. The van der Waals surface area contributed by atoms with Crippen LogP contribution in [-0.4, -0.2) is 48.1 Å². The largest absolute Gasteiger partial charge is 0.375 e.